The highest BCUT2D eigenvalue weighted by atomic mass is 16.1. The topological polar surface area (TPSA) is 17.1 Å². The van der Waals surface area contributed by atoms with Gasteiger partial charge in [-0.1, -0.05) is 19.4 Å². The van der Waals surface area contributed by atoms with E-state index in [1.54, 1.807) is 0 Å². The number of ketones is 1. The first-order valence-electron chi connectivity index (χ1n) is 6.02. The second-order valence-corrected chi connectivity index (χ2v) is 4.85. The van der Waals surface area contributed by atoms with Crippen molar-refractivity contribution in [1.82, 2.24) is 0 Å². The molecule has 1 saturated carbocycles. The van der Waals surface area contributed by atoms with Gasteiger partial charge < -0.3 is 0 Å². The fraction of sp³-hybridized carbons (Fsp3) is 0.769. The van der Waals surface area contributed by atoms with Crippen molar-refractivity contribution < 1.29 is 4.79 Å². The van der Waals surface area contributed by atoms with Crippen molar-refractivity contribution in [3.8, 4) is 0 Å². The molecule has 2 rings (SSSR count). The third-order valence-corrected chi connectivity index (χ3v) is 3.81. The van der Waals surface area contributed by atoms with Gasteiger partial charge in [-0.2, -0.15) is 0 Å². The number of Topliss-reactive ketones (excluding diaryl/α,β-unsaturated/α-hetero) is 1. The standard InChI is InChI=1S/C13H20O/c1-10-6-5-9-12(10)13(14)11-7-3-2-4-8-11/h7,10,12H,2-6,8-9H2,1H3. The fourth-order valence-electron chi connectivity index (χ4n) is 2.84. The van der Waals surface area contributed by atoms with E-state index in [2.05, 4.69) is 13.0 Å². The van der Waals surface area contributed by atoms with Gasteiger partial charge in [0, 0.05) is 5.92 Å². The zero-order chi connectivity index (χ0) is 9.97. The Kier molecular flexibility index (Phi) is 3.05. The van der Waals surface area contributed by atoms with E-state index in [1.807, 2.05) is 0 Å². The summed E-state index contributed by atoms with van der Waals surface area (Å²) in [6, 6.07) is 0. The minimum Gasteiger partial charge on any atom is -0.294 e. The van der Waals surface area contributed by atoms with Gasteiger partial charge in [0.1, 0.15) is 0 Å². The summed E-state index contributed by atoms with van der Waals surface area (Å²) in [6.45, 7) is 2.24. The Balaban J connectivity index is 2.03. The molecule has 0 aromatic heterocycles. The summed E-state index contributed by atoms with van der Waals surface area (Å²) in [5, 5.41) is 0. The minimum absolute atomic E-state index is 0.361. The fourth-order valence-corrected chi connectivity index (χ4v) is 2.84. The molecule has 2 aliphatic rings. The van der Waals surface area contributed by atoms with E-state index in [9.17, 15) is 4.79 Å². The van der Waals surface area contributed by atoms with Crippen LogP contribution in [0, 0.1) is 11.8 Å². The lowest BCUT2D eigenvalue weighted by molar-refractivity contribution is -0.120. The van der Waals surface area contributed by atoms with Gasteiger partial charge in [-0.25, -0.2) is 0 Å². The van der Waals surface area contributed by atoms with Crippen LogP contribution in [0.4, 0.5) is 0 Å². The molecule has 0 amide bonds. The zero-order valence-corrected chi connectivity index (χ0v) is 9.09. The highest BCUT2D eigenvalue weighted by Crippen LogP contribution is 2.35. The summed E-state index contributed by atoms with van der Waals surface area (Å²) in [7, 11) is 0. The van der Waals surface area contributed by atoms with E-state index >= 15 is 0 Å². The maximum Gasteiger partial charge on any atom is 0.161 e. The molecule has 0 aliphatic heterocycles. The molecule has 0 aromatic rings. The van der Waals surface area contributed by atoms with Crippen molar-refractivity contribution in [2.24, 2.45) is 11.8 Å². The first-order chi connectivity index (χ1) is 6.79. The van der Waals surface area contributed by atoms with Crippen LogP contribution < -0.4 is 0 Å². The van der Waals surface area contributed by atoms with Crippen LogP contribution in [0.3, 0.4) is 0 Å². The number of carbonyl (C=O) groups excluding carboxylic acids is 1. The van der Waals surface area contributed by atoms with Crippen LogP contribution in [0.15, 0.2) is 11.6 Å². The van der Waals surface area contributed by atoms with E-state index in [1.165, 1.54) is 25.7 Å². The van der Waals surface area contributed by atoms with Crippen LogP contribution in [0.5, 0.6) is 0 Å². The Morgan fingerprint density at radius 3 is 2.71 bits per heavy atom. The van der Waals surface area contributed by atoms with Crippen molar-refractivity contribution in [1.29, 1.82) is 0 Å². The Hall–Kier alpha value is -0.590. The number of carbonyl (C=O) groups is 1. The quantitative estimate of drug-likeness (QED) is 0.654. The molecule has 14 heavy (non-hydrogen) atoms. The van der Waals surface area contributed by atoms with E-state index in [-0.39, 0.29) is 0 Å². The summed E-state index contributed by atoms with van der Waals surface area (Å²) in [4.78, 5) is 12.1. The van der Waals surface area contributed by atoms with Gasteiger partial charge in [0.15, 0.2) is 5.78 Å². The molecule has 1 fully saturated rings. The SMILES string of the molecule is CC1CCCC1C(=O)C1=CCCCC1. The highest BCUT2D eigenvalue weighted by molar-refractivity contribution is 5.97. The average molecular weight is 192 g/mol. The molecule has 2 unspecified atom stereocenters. The predicted molar refractivity (Wildman–Crippen MR) is 58.1 cm³/mol. The molecule has 1 nitrogen and oxygen atoms in total. The molecule has 0 radical (unpaired) electrons. The van der Waals surface area contributed by atoms with Crippen molar-refractivity contribution in [2.75, 3.05) is 0 Å². The average Bonchev–Trinajstić information content (AvgIpc) is 2.65. The normalized spacial score (nSPS) is 32.8. The van der Waals surface area contributed by atoms with Gasteiger partial charge in [-0.05, 0) is 50.0 Å². The summed E-state index contributed by atoms with van der Waals surface area (Å²) >= 11 is 0. The number of rotatable bonds is 2. The maximum absolute atomic E-state index is 12.1. The second-order valence-electron chi connectivity index (χ2n) is 4.85. The van der Waals surface area contributed by atoms with E-state index in [0.29, 0.717) is 17.6 Å². The molecule has 2 atom stereocenters. The molecular weight excluding hydrogens is 172 g/mol. The maximum atomic E-state index is 12.1. The number of allylic oxidation sites excluding steroid dienone is 2. The Bertz CT molecular complexity index is 252. The lowest BCUT2D eigenvalue weighted by Gasteiger charge is -2.18. The van der Waals surface area contributed by atoms with Gasteiger partial charge in [0.25, 0.3) is 0 Å². The van der Waals surface area contributed by atoms with Crippen molar-refractivity contribution in [3.05, 3.63) is 11.6 Å². The monoisotopic (exact) mass is 192 g/mol. The highest BCUT2D eigenvalue weighted by Gasteiger charge is 2.31. The predicted octanol–water partition coefficient (Wildman–Crippen LogP) is 3.49. The van der Waals surface area contributed by atoms with Gasteiger partial charge in [-0.15, -0.1) is 0 Å². The van der Waals surface area contributed by atoms with Crippen LogP contribution in [-0.4, -0.2) is 5.78 Å². The molecule has 78 valence electrons. The largest absolute Gasteiger partial charge is 0.294 e. The molecule has 1 heteroatoms. The van der Waals surface area contributed by atoms with Crippen molar-refractivity contribution in [2.45, 2.75) is 51.9 Å². The Morgan fingerprint density at radius 2 is 2.14 bits per heavy atom. The first kappa shape index (κ1) is 9.95. The van der Waals surface area contributed by atoms with Gasteiger partial charge in [0.2, 0.25) is 0 Å². The second kappa shape index (κ2) is 4.29. The summed E-state index contributed by atoms with van der Waals surface area (Å²) in [6.07, 6.45) is 10.5. The molecule has 0 bridgehead atoms. The Morgan fingerprint density at radius 1 is 1.29 bits per heavy atom. The summed E-state index contributed by atoms with van der Waals surface area (Å²) in [5.41, 5.74) is 1.15. The third kappa shape index (κ3) is 1.92. The molecule has 2 aliphatic carbocycles. The number of hydrogen-bond donors (Lipinski definition) is 0. The van der Waals surface area contributed by atoms with E-state index in [4.69, 9.17) is 0 Å². The zero-order valence-electron chi connectivity index (χ0n) is 9.09. The molecule has 0 saturated heterocycles. The molecule has 0 spiro atoms. The molecular formula is C13H20O. The van der Waals surface area contributed by atoms with E-state index in [0.717, 1.165) is 24.8 Å². The van der Waals surface area contributed by atoms with Crippen LogP contribution in [0.1, 0.15) is 51.9 Å². The van der Waals surface area contributed by atoms with Crippen molar-refractivity contribution >= 4 is 5.78 Å². The lowest BCUT2D eigenvalue weighted by Crippen LogP contribution is -2.19. The van der Waals surface area contributed by atoms with Gasteiger partial charge in [0.05, 0.1) is 0 Å². The van der Waals surface area contributed by atoms with Crippen LogP contribution in [0.2, 0.25) is 0 Å². The minimum atomic E-state index is 0.361. The first-order valence-corrected chi connectivity index (χ1v) is 6.02. The summed E-state index contributed by atoms with van der Waals surface area (Å²) in [5.74, 6) is 1.47. The molecule has 0 aromatic carbocycles. The van der Waals surface area contributed by atoms with Crippen LogP contribution in [0.25, 0.3) is 0 Å². The van der Waals surface area contributed by atoms with Crippen molar-refractivity contribution in [3.63, 3.8) is 0 Å². The van der Waals surface area contributed by atoms with E-state index < -0.39 is 0 Å². The molecule has 0 N–H and O–H groups in total. The van der Waals surface area contributed by atoms with Crippen LogP contribution in [-0.2, 0) is 4.79 Å². The van der Waals surface area contributed by atoms with Gasteiger partial charge >= 0.3 is 0 Å². The smallest absolute Gasteiger partial charge is 0.161 e. The van der Waals surface area contributed by atoms with Gasteiger partial charge in [-0.3, -0.25) is 4.79 Å². The Labute approximate surface area is 86.6 Å². The third-order valence-electron chi connectivity index (χ3n) is 3.81. The van der Waals surface area contributed by atoms with Crippen LogP contribution >= 0.6 is 0 Å². The summed E-state index contributed by atoms with van der Waals surface area (Å²) < 4.78 is 0. The molecule has 0 heterocycles. The lowest BCUT2D eigenvalue weighted by atomic mass is 9.85. The number of hydrogen-bond acceptors (Lipinski definition) is 1.